The summed E-state index contributed by atoms with van der Waals surface area (Å²) in [6.07, 6.45) is 0. The summed E-state index contributed by atoms with van der Waals surface area (Å²) >= 11 is 0. The minimum Gasteiger partial charge on any atom is -0.468 e. The van der Waals surface area contributed by atoms with Crippen molar-refractivity contribution in [3.8, 4) is 0 Å². The van der Waals surface area contributed by atoms with E-state index in [0.29, 0.717) is 12.1 Å². The molecule has 0 unspecified atom stereocenters. The molecule has 5 heteroatoms. The molecule has 0 atom stereocenters. The number of carbonyl (C=O) groups is 2. The Bertz CT molecular complexity index is 460. The summed E-state index contributed by atoms with van der Waals surface area (Å²) in [6, 6.07) is 4.60. The average molecular weight is 253 g/mol. The summed E-state index contributed by atoms with van der Waals surface area (Å²) in [7, 11) is 1.24. The first-order valence-corrected chi connectivity index (χ1v) is 5.62. The molecule has 0 aliphatic carbocycles. The van der Waals surface area contributed by atoms with Gasteiger partial charge in [-0.15, -0.1) is 0 Å². The van der Waals surface area contributed by atoms with Gasteiger partial charge in [-0.3, -0.25) is 9.59 Å². The van der Waals surface area contributed by atoms with Crippen LogP contribution in [0.15, 0.2) is 18.2 Å². The second-order valence-electron chi connectivity index (χ2n) is 3.83. The zero-order chi connectivity index (χ0) is 13.7. The molecule has 0 bridgehead atoms. The van der Waals surface area contributed by atoms with Crippen LogP contribution in [-0.4, -0.2) is 37.0 Å². The van der Waals surface area contributed by atoms with Gasteiger partial charge in [-0.05, 0) is 25.5 Å². The van der Waals surface area contributed by atoms with E-state index in [1.165, 1.54) is 18.1 Å². The maximum atomic E-state index is 13.8. The molecule has 4 nitrogen and oxygen atoms in total. The Morgan fingerprint density at radius 2 is 2.06 bits per heavy atom. The molecule has 0 aromatic heterocycles. The lowest BCUT2D eigenvalue weighted by molar-refractivity contribution is -0.141. The number of aryl methyl sites for hydroxylation is 1. The lowest BCUT2D eigenvalue weighted by Crippen LogP contribution is -2.36. The van der Waals surface area contributed by atoms with Crippen molar-refractivity contribution in [2.45, 2.75) is 13.8 Å². The summed E-state index contributed by atoms with van der Waals surface area (Å²) < 4.78 is 18.3. The van der Waals surface area contributed by atoms with Gasteiger partial charge < -0.3 is 9.64 Å². The first-order chi connectivity index (χ1) is 8.51. The fourth-order valence-electron chi connectivity index (χ4n) is 1.53. The van der Waals surface area contributed by atoms with Crippen molar-refractivity contribution in [2.24, 2.45) is 0 Å². The zero-order valence-electron chi connectivity index (χ0n) is 10.7. The van der Waals surface area contributed by atoms with Crippen LogP contribution in [0.4, 0.5) is 4.39 Å². The number of ether oxygens (including phenoxy) is 1. The molecule has 1 amide bonds. The molecule has 0 spiro atoms. The molecule has 1 rings (SSSR count). The molecule has 0 saturated carbocycles. The Hall–Kier alpha value is -1.91. The number of likely N-dealkylation sites (N-methyl/N-ethyl adjacent to an activating group) is 1. The predicted molar refractivity (Wildman–Crippen MR) is 64.7 cm³/mol. The van der Waals surface area contributed by atoms with E-state index >= 15 is 0 Å². The third-order valence-electron chi connectivity index (χ3n) is 2.64. The first-order valence-electron chi connectivity index (χ1n) is 5.62. The summed E-state index contributed by atoms with van der Waals surface area (Å²) in [6.45, 7) is 3.43. The van der Waals surface area contributed by atoms with Crippen LogP contribution >= 0.6 is 0 Å². The fourth-order valence-corrected chi connectivity index (χ4v) is 1.53. The Kier molecular flexibility index (Phi) is 4.83. The standard InChI is InChI=1S/C13H16FNO3/c1-4-15(8-11(16)18-3)13(17)10-7-5-6-9(2)12(10)14/h5-7H,4,8H2,1-3H3. The molecule has 0 radical (unpaired) electrons. The van der Waals surface area contributed by atoms with Crippen molar-refractivity contribution in [3.05, 3.63) is 35.1 Å². The lowest BCUT2D eigenvalue weighted by atomic mass is 10.1. The number of hydrogen-bond acceptors (Lipinski definition) is 3. The number of amides is 1. The number of hydrogen-bond donors (Lipinski definition) is 0. The van der Waals surface area contributed by atoms with E-state index in [1.54, 1.807) is 26.0 Å². The van der Waals surface area contributed by atoms with Crippen molar-refractivity contribution in [2.75, 3.05) is 20.2 Å². The number of benzene rings is 1. The van der Waals surface area contributed by atoms with Crippen molar-refractivity contribution >= 4 is 11.9 Å². The minimum absolute atomic E-state index is 0.0271. The SMILES string of the molecule is CCN(CC(=O)OC)C(=O)c1cccc(C)c1F. The van der Waals surface area contributed by atoms with Gasteiger partial charge in [-0.1, -0.05) is 12.1 Å². The first kappa shape index (κ1) is 14.2. The van der Waals surface area contributed by atoms with Crippen LogP contribution in [0, 0.1) is 12.7 Å². The minimum atomic E-state index is -0.550. The van der Waals surface area contributed by atoms with Crippen LogP contribution in [0.2, 0.25) is 0 Å². The zero-order valence-corrected chi connectivity index (χ0v) is 10.7. The summed E-state index contributed by atoms with van der Waals surface area (Å²) in [5, 5.41) is 0. The molecule has 0 saturated heterocycles. The lowest BCUT2D eigenvalue weighted by Gasteiger charge is -2.20. The largest absolute Gasteiger partial charge is 0.468 e. The molecule has 0 aliphatic rings. The van der Waals surface area contributed by atoms with Crippen molar-refractivity contribution in [3.63, 3.8) is 0 Å². The molecule has 0 N–H and O–H groups in total. The molecule has 0 fully saturated rings. The number of halogens is 1. The second kappa shape index (κ2) is 6.14. The second-order valence-corrected chi connectivity index (χ2v) is 3.83. The van der Waals surface area contributed by atoms with Crippen LogP contribution in [-0.2, 0) is 9.53 Å². The number of methoxy groups -OCH3 is 1. The highest BCUT2D eigenvalue weighted by Crippen LogP contribution is 2.14. The number of carbonyl (C=O) groups excluding carboxylic acids is 2. The third-order valence-corrected chi connectivity index (χ3v) is 2.64. The van der Waals surface area contributed by atoms with Gasteiger partial charge in [-0.25, -0.2) is 4.39 Å². The molecule has 0 aliphatic heterocycles. The highest BCUT2D eigenvalue weighted by Gasteiger charge is 2.21. The number of esters is 1. The predicted octanol–water partition coefficient (Wildman–Crippen LogP) is 1.77. The highest BCUT2D eigenvalue weighted by atomic mass is 19.1. The van der Waals surface area contributed by atoms with Gasteiger partial charge in [0.25, 0.3) is 5.91 Å². The Balaban J connectivity index is 2.97. The summed E-state index contributed by atoms with van der Waals surface area (Å²) in [5.41, 5.74) is 0.371. The number of rotatable bonds is 4. The molecular formula is C13H16FNO3. The van der Waals surface area contributed by atoms with Gasteiger partial charge in [0.1, 0.15) is 12.4 Å². The van der Waals surface area contributed by atoms with Gasteiger partial charge in [0.15, 0.2) is 0 Å². The maximum Gasteiger partial charge on any atom is 0.325 e. The van der Waals surface area contributed by atoms with Crippen LogP contribution < -0.4 is 0 Å². The van der Waals surface area contributed by atoms with Crippen molar-refractivity contribution < 1.29 is 18.7 Å². The third kappa shape index (κ3) is 3.06. The molecule has 98 valence electrons. The molecule has 18 heavy (non-hydrogen) atoms. The van der Waals surface area contributed by atoms with E-state index in [1.807, 2.05) is 0 Å². The number of nitrogens with zero attached hydrogens (tertiary/aromatic N) is 1. The van der Waals surface area contributed by atoms with E-state index in [4.69, 9.17) is 0 Å². The van der Waals surface area contributed by atoms with Crippen LogP contribution in [0.3, 0.4) is 0 Å². The Morgan fingerprint density at radius 3 is 2.61 bits per heavy atom. The van der Waals surface area contributed by atoms with Crippen molar-refractivity contribution in [1.29, 1.82) is 0 Å². The van der Waals surface area contributed by atoms with E-state index in [0.717, 1.165) is 0 Å². The van der Waals surface area contributed by atoms with E-state index in [9.17, 15) is 14.0 Å². The van der Waals surface area contributed by atoms with Crippen molar-refractivity contribution in [1.82, 2.24) is 4.90 Å². The summed E-state index contributed by atoms with van der Waals surface area (Å²) in [4.78, 5) is 24.5. The molecule has 1 aromatic rings. The van der Waals surface area contributed by atoms with Crippen LogP contribution in [0.25, 0.3) is 0 Å². The Morgan fingerprint density at radius 1 is 1.39 bits per heavy atom. The van der Waals surface area contributed by atoms with Crippen LogP contribution in [0.5, 0.6) is 0 Å². The molecule has 1 aromatic carbocycles. The van der Waals surface area contributed by atoms with Gasteiger partial charge in [-0.2, -0.15) is 0 Å². The quantitative estimate of drug-likeness (QED) is 0.768. The smallest absolute Gasteiger partial charge is 0.325 e. The van der Waals surface area contributed by atoms with E-state index in [-0.39, 0.29) is 12.1 Å². The van der Waals surface area contributed by atoms with Gasteiger partial charge >= 0.3 is 5.97 Å². The Labute approximate surface area is 105 Å². The highest BCUT2D eigenvalue weighted by molar-refractivity contribution is 5.96. The monoisotopic (exact) mass is 253 g/mol. The maximum absolute atomic E-state index is 13.8. The van der Waals surface area contributed by atoms with Gasteiger partial charge in [0.2, 0.25) is 0 Å². The van der Waals surface area contributed by atoms with Crippen LogP contribution in [0.1, 0.15) is 22.8 Å². The molecular weight excluding hydrogens is 237 g/mol. The summed E-state index contributed by atoms with van der Waals surface area (Å²) in [5.74, 6) is -1.59. The van der Waals surface area contributed by atoms with Gasteiger partial charge in [0, 0.05) is 6.54 Å². The topological polar surface area (TPSA) is 46.6 Å². The molecule has 0 heterocycles. The average Bonchev–Trinajstić information content (AvgIpc) is 2.38. The normalized spacial score (nSPS) is 10.0. The van der Waals surface area contributed by atoms with E-state index < -0.39 is 17.7 Å². The van der Waals surface area contributed by atoms with Gasteiger partial charge in [0.05, 0.1) is 12.7 Å². The fraction of sp³-hybridized carbons (Fsp3) is 0.385. The van der Waals surface area contributed by atoms with E-state index in [2.05, 4.69) is 4.74 Å².